The van der Waals surface area contributed by atoms with Crippen molar-refractivity contribution in [2.45, 2.75) is 32.4 Å². The second-order valence-corrected chi connectivity index (χ2v) is 7.49. The predicted molar refractivity (Wildman–Crippen MR) is 113 cm³/mol. The first kappa shape index (κ1) is 21.4. The standard InChI is InChI=1S/C22H27N3O5/c1-15(2)13-23-20-8-10-25(22(27)24-20)17-9-11-29-19(12-17)14-30-21(26)16-4-6-18(28-3)7-5-16/h4-11,15,17,19H,12-14H2,1-3H3,(H,23,24,27)/t17-,19-/m0/s1. The highest BCUT2D eigenvalue weighted by Crippen LogP contribution is 2.22. The van der Waals surface area contributed by atoms with E-state index >= 15 is 0 Å². The SMILES string of the molecule is COc1ccc(C(=O)OC[C@@H]2C[C@@H](n3ccc(NCC(C)C)nc3=O)C=CO2)cc1. The van der Waals surface area contributed by atoms with Gasteiger partial charge < -0.3 is 19.5 Å². The van der Waals surface area contributed by atoms with Crippen LogP contribution in [0.15, 0.2) is 53.7 Å². The van der Waals surface area contributed by atoms with Crippen molar-refractivity contribution in [1.29, 1.82) is 0 Å². The Labute approximate surface area is 175 Å². The van der Waals surface area contributed by atoms with E-state index in [2.05, 4.69) is 24.1 Å². The van der Waals surface area contributed by atoms with Gasteiger partial charge in [0.25, 0.3) is 0 Å². The molecule has 1 aliphatic heterocycles. The summed E-state index contributed by atoms with van der Waals surface area (Å²) in [5.41, 5.74) is 0.0953. The molecule has 2 atom stereocenters. The van der Waals surface area contributed by atoms with E-state index in [1.54, 1.807) is 54.3 Å². The fourth-order valence-electron chi connectivity index (χ4n) is 3.02. The second kappa shape index (κ2) is 9.96. The number of nitrogens with one attached hydrogen (secondary N) is 1. The van der Waals surface area contributed by atoms with E-state index in [0.717, 1.165) is 6.54 Å². The van der Waals surface area contributed by atoms with E-state index in [1.165, 1.54) is 6.26 Å². The third-order valence-corrected chi connectivity index (χ3v) is 4.68. The van der Waals surface area contributed by atoms with Gasteiger partial charge in [-0.3, -0.25) is 4.57 Å². The Hall–Kier alpha value is -3.29. The largest absolute Gasteiger partial charge is 0.497 e. The van der Waals surface area contributed by atoms with Crippen molar-refractivity contribution in [3.8, 4) is 5.75 Å². The summed E-state index contributed by atoms with van der Waals surface area (Å²) in [6.45, 7) is 5.00. The summed E-state index contributed by atoms with van der Waals surface area (Å²) < 4.78 is 17.6. The molecule has 1 N–H and O–H groups in total. The summed E-state index contributed by atoms with van der Waals surface area (Å²) >= 11 is 0. The number of hydrogen-bond donors (Lipinski definition) is 1. The summed E-state index contributed by atoms with van der Waals surface area (Å²) in [7, 11) is 1.56. The van der Waals surface area contributed by atoms with Crippen molar-refractivity contribution in [2.75, 3.05) is 25.6 Å². The minimum Gasteiger partial charge on any atom is -0.497 e. The zero-order valence-corrected chi connectivity index (χ0v) is 17.4. The molecule has 0 aliphatic carbocycles. The van der Waals surface area contributed by atoms with Gasteiger partial charge >= 0.3 is 11.7 Å². The molecule has 0 bridgehead atoms. The first-order valence-corrected chi connectivity index (χ1v) is 9.92. The van der Waals surface area contributed by atoms with Gasteiger partial charge in [-0.15, -0.1) is 0 Å². The second-order valence-electron chi connectivity index (χ2n) is 7.49. The highest BCUT2D eigenvalue weighted by molar-refractivity contribution is 5.89. The molecule has 0 saturated carbocycles. The van der Waals surface area contributed by atoms with Gasteiger partial charge in [-0.2, -0.15) is 4.98 Å². The number of carbonyl (C=O) groups excluding carboxylic acids is 1. The number of hydrogen-bond acceptors (Lipinski definition) is 7. The van der Waals surface area contributed by atoms with Crippen LogP contribution in [-0.2, 0) is 9.47 Å². The number of nitrogens with zero attached hydrogens (tertiary/aromatic N) is 2. The van der Waals surface area contributed by atoms with Crippen LogP contribution in [0.5, 0.6) is 5.75 Å². The van der Waals surface area contributed by atoms with Crippen LogP contribution in [0, 0.1) is 5.92 Å². The van der Waals surface area contributed by atoms with Crippen molar-refractivity contribution in [3.63, 3.8) is 0 Å². The summed E-state index contributed by atoms with van der Waals surface area (Å²) in [5.74, 6) is 1.24. The first-order valence-electron chi connectivity index (χ1n) is 9.92. The number of rotatable bonds is 8. The lowest BCUT2D eigenvalue weighted by Crippen LogP contribution is -2.32. The van der Waals surface area contributed by atoms with Crippen LogP contribution in [0.4, 0.5) is 5.82 Å². The number of allylic oxidation sites excluding steroid dienone is 1. The third kappa shape index (κ3) is 5.62. The molecule has 0 amide bonds. The Bertz CT molecular complexity index is 937. The first-order chi connectivity index (χ1) is 14.5. The number of methoxy groups -OCH3 is 1. The molecule has 1 aromatic heterocycles. The monoisotopic (exact) mass is 413 g/mol. The Morgan fingerprint density at radius 3 is 2.73 bits per heavy atom. The molecule has 160 valence electrons. The molecule has 0 unspecified atom stereocenters. The van der Waals surface area contributed by atoms with E-state index in [-0.39, 0.29) is 24.4 Å². The maximum Gasteiger partial charge on any atom is 0.350 e. The number of anilines is 1. The fraction of sp³-hybridized carbons (Fsp3) is 0.409. The molecule has 30 heavy (non-hydrogen) atoms. The molecule has 2 heterocycles. The lowest BCUT2D eigenvalue weighted by Gasteiger charge is -2.26. The average molecular weight is 413 g/mol. The number of carbonyl (C=O) groups is 1. The Balaban J connectivity index is 1.57. The van der Waals surface area contributed by atoms with Crippen LogP contribution in [0.3, 0.4) is 0 Å². The van der Waals surface area contributed by atoms with E-state index < -0.39 is 5.97 Å². The Kier molecular flexibility index (Phi) is 7.11. The topological polar surface area (TPSA) is 91.7 Å². The van der Waals surface area contributed by atoms with Crippen LogP contribution < -0.4 is 15.7 Å². The molecule has 0 spiro atoms. The highest BCUT2D eigenvalue weighted by atomic mass is 16.6. The lowest BCUT2D eigenvalue weighted by atomic mass is 10.1. The van der Waals surface area contributed by atoms with Crippen molar-refractivity contribution in [2.24, 2.45) is 5.92 Å². The number of aromatic nitrogens is 2. The maximum absolute atomic E-state index is 12.4. The smallest absolute Gasteiger partial charge is 0.350 e. The summed E-state index contributed by atoms with van der Waals surface area (Å²) in [6.07, 6.45) is 5.20. The molecule has 0 radical (unpaired) electrons. The van der Waals surface area contributed by atoms with E-state index in [1.807, 2.05) is 0 Å². The van der Waals surface area contributed by atoms with Gasteiger partial charge in [0.05, 0.1) is 25.0 Å². The zero-order chi connectivity index (χ0) is 21.5. The maximum atomic E-state index is 12.4. The fourth-order valence-corrected chi connectivity index (χ4v) is 3.02. The van der Waals surface area contributed by atoms with Gasteiger partial charge in [0.15, 0.2) is 0 Å². The van der Waals surface area contributed by atoms with E-state index in [9.17, 15) is 9.59 Å². The molecule has 2 aromatic rings. The highest BCUT2D eigenvalue weighted by Gasteiger charge is 2.23. The Morgan fingerprint density at radius 1 is 1.30 bits per heavy atom. The lowest BCUT2D eigenvalue weighted by molar-refractivity contribution is 0.0117. The molecule has 1 aliphatic rings. The average Bonchev–Trinajstić information content (AvgIpc) is 2.76. The quantitative estimate of drug-likeness (QED) is 0.665. The number of benzene rings is 1. The summed E-state index contributed by atoms with van der Waals surface area (Å²) in [5, 5.41) is 3.15. The molecular formula is C22H27N3O5. The minimum absolute atomic E-state index is 0.0852. The van der Waals surface area contributed by atoms with Gasteiger partial charge in [0, 0.05) is 19.2 Å². The van der Waals surface area contributed by atoms with Crippen molar-refractivity contribution < 1.29 is 19.0 Å². The number of ether oxygens (including phenoxy) is 3. The van der Waals surface area contributed by atoms with Crippen molar-refractivity contribution >= 4 is 11.8 Å². The van der Waals surface area contributed by atoms with Crippen LogP contribution in [0.25, 0.3) is 0 Å². The van der Waals surface area contributed by atoms with Crippen LogP contribution in [0.1, 0.15) is 36.7 Å². The van der Waals surface area contributed by atoms with Gasteiger partial charge in [-0.05, 0) is 42.3 Å². The van der Waals surface area contributed by atoms with Crippen molar-refractivity contribution in [1.82, 2.24) is 9.55 Å². The third-order valence-electron chi connectivity index (χ3n) is 4.68. The van der Waals surface area contributed by atoms with E-state index in [4.69, 9.17) is 14.2 Å². The molecule has 8 nitrogen and oxygen atoms in total. The molecular weight excluding hydrogens is 386 g/mol. The minimum atomic E-state index is -0.438. The summed E-state index contributed by atoms with van der Waals surface area (Å²) in [6, 6.07) is 8.25. The normalized spacial score (nSPS) is 18.0. The Morgan fingerprint density at radius 2 is 2.07 bits per heavy atom. The van der Waals surface area contributed by atoms with E-state index in [0.29, 0.717) is 29.5 Å². The van der Waals surface area contributed by atoms with Crippen LogP contribution in [0.2, 0.25) is 0 Å². The zero-order valence-electron chi connectivity index (χ0n) is 17.4. The number of esters is 1. The van der Waals surface area contributed by atoms with Gasteiger partial charge in [-0.1, -0.05) is 13.8 Å². The molecule has 0 saturated heterocycles. The van der Waals surface area contributed by atoms with Crippen LogP contribution >= 0.6 is 0 Å². The van der Waals surface area contributed by atoms with Gasteiger partial charge in [0.1, 0.15) is 24.3 Å². The predicted octanol–water partition coefficient (Wildman–Crippen LogP) is 3.02. The summed E-state index contributed by atoms with van der Waals surface area (Å²) in [4.78, 5) is 28.8. The van der Waals surface area contributed by atoms with Gasteiger partial charge in [-0.25, -0.2) is 9.59 Å². The molecule has 3 rings (SSSR count). The van der Waals surface area contributed by atoms with Crippen LogP contribution in [-0.4, -0.2) is 41.9 Å². The molecule has 8 heteroatoms. The molecule has 0 fully saturated rings. The van der Waals surface area contributed by atoms with Gasteiger partial charge in [0.2, 0.25) is 0 Å². The molecule has 1 aromatic carbocycles. The van der Waals surface area contributed by atoms with Crippen molar-refractivity contribution in [3.05, 3.63) is 64.9 Å².